The lowest BCUT2D eigenvalue weighted by Gasteiger charge is -2.29. The van der Waals surface area contributed by atoms with Crippen molar-refractivity contribution < 1.29 is 64.5 Å². The largest absolute Gasteiger partial charge is 0.496 e. The molecule has 0 heterocycles. The molecule has 0 saturated carbocycles. The number of hydrogen-bond donors (Lipinski definition) is 2. The molecule has 2 N–H and O–H groups in total. The number of carbonyl (C=O) groups is 4. The van der Waals surface area contributed by atoms with Gasteiger partial charge in [-0.3, -0.25) is 9.59 Å². The van der Waals surface area contributed by atoms with Crippen LogP contribution in [0.15, 0.2) is 182 Å². The van der Waals surface area contributed by atoms with E-state index in [4.69, 9.17) is 42.1 Å². The molecule has 0 fully saturated rings. The van der Waals surface area contributed by atoms with E-state index in [9.17, 15) is 45.5 Å². The molecule has 8 rings (SSSR count). The number of allylic oxidation sites excluding steroid dienone is 4. The van der Waals surface area contributed by atoms with Gasteiger partial charge in [0.2, 0.25) is 0 Å². The maximum Gasteiger partial charge on any atom is 0.416 e. The first kappa shape index (κ1) is 59.3. The Morgan fingerprint density at radius 3 is 1.38 bits per heavy atom. The third-order valence-corrected chi connectivity index (χ3v) is 13.7. The zero-order valence-electron chi connectivity index (χ0n) is 43.4. The maximum absolute atomic E-state index is 13.4. The molecular weight excluding hydrogens is 1090 g/mol. The van der Waals surface area contributed by atoms with Crippen LogP contribution in [0.25, 0.3) is 39.0 Å². The van der Waals surface area contributed by atoms with E-state index >= 15 is 0 Å². The van der Waals surface area contributed by atoms with Gasteiger partial charge in [-0.05, 0) is 117 Å². The van der Waals surface area contributed by atoms with Crippen LogP contribution in [0.5, 0.6) is 11.5 Å². The lowest BCUT2D eigenvalue weighted by atomic mass is 9.88. The quantitative estimate of drug-likeness (QED) is 0.0556. The highest BCUT2D eigenvalue weighted by Gasteiger charge is 2.36. The summed E-state index contributed by atoms with van der Waals surface area (Å²) >= 11 is 12.8. The van der Waals surface area contributed by atoms with Crippen LogP contribution in [-0.4, -0.2) is 69.2 Å². The minimum atomic E-state index is -4.46. The number of ether oxygens (including phenoxy) is 4. The van der Waals surface area contributed by atoms with E-state index in [1.807, 2.05) is 85.0 Å². The molecule has 0 aromatic heterocycles. The number of carbonyl (C=O) groups excluding carboxylic acids is 4. The number of halogens is 8. The van der Waals surface area contributed by atoms with E-state index in [0.29, 0.717) is 33.7 Å². The molecular formula is C62H52Cl2F6N2O8. The molecule has 7 aromatic rings. The Balaban J connectivity index is 0.000000231. The van der Waals surface area contributed by atoms with Crippen molar-refractivity contribution in [2.45, 2.75) is 48.6 Å². The zero-order valence-corrected chi connectivity index (χ0v) is 44.9. The van der Waals surface area contributed by atoms with Crippen molar-refractivity contribution in [3.8, 4) is 44.9 Å². The first-order valence-corrected chi connectivity index (χ1v) is 25.3. The average molecular weight is 1140 g/mol. The van der Waals surface area contributed by atoms with Crippen LogP contribution in [0.3, 0.4) is 0 Å². The molecule has 7 aromatic carbocycles. The topological polar surface area (TPSA) is 129 Å². The smallest absolute Gasteiger partial charge is 0.416 e. The highest BCUT2D eigenvalue weighted by Crippen LogP contribution is 2.37. The fraction of sp³-hybridized carbons (Fsp3) is 0.194. The van der Waals surface area contributed by atoms with Crippen molar-refractivity contribution in [2.75, 3.05) is 28.4 Å². The molecule has 1 unspecified atom stereocenters. The molecule has 1 aliphatic carbocycles. The van der Waals surface area contributed by atoms with Gasteiger partial charge in [0.25, 0.3) is 11.8 Å². The lowest BCUT2D eigenvalue weighted by Crippen LogP contribution is -2.45. The molecule has 0 radical (unpaired) electrons. The number of benzene rings is 7. The Labute approximate surface area is 467 Å². The predicted molar refractivity (Wildman–Crippen MR) is 295 cm³/mol. The zero-order chi connectivity index (χ0) is 57.8. The van der Waals surface area contributed by atoms with Crippen molar-refractivity contribution in [3.05, 3.63) is 220 Å². The van der Waals surface area contributed by atoms with Crippen molar-refractivity contribution in [1.82, 2.24) is 10.6 Å². The van der Waals surface area contributed by atoms with Crippen LogP contribution in [-0.2, 0) is 37.8 Å². The summed E-state index contributed by atoms with van der Waals surface area (Å²) in [5.74, 6) is -2.06. The number of nitrogens with one attached hydrogen (secondary N) is 2. The summed E-state index contributed by atoms with van der Waals surface area (Å²) in [5.41, 5.74) is 5.40. The molecule has 10 nitrogen and oxygen atoms in total. The summed E-state index contributed by atoms with van der Waals surface area (Å²) < 4.78 is 98.4. The second kappa shape index (κ2) is 26.1. The summed E-state index contributed by atoms with van der Waals surface area (Å²) in [6.45, 7) is 0. The predicted octanol–water partition coefficient (Wildman–Crippen LogP) is 14.3. The highest BCUT2D eigenvalue weighted by molar-refractivity contribution is 6.30. The number of methoxy groups -OCH3 is 4. The SMILES string of the molecule is COC(=O)[C@@H](CC1(Cl)C=CC(c2ccccc2)=CC1)NC(=O)c1cc(-c2ccc(C(F)(F)F)cc2)ccc1OC.COC(=O)[C@@H](Cc1ccc(-c2ccc(Cl)cc2)cc1)NC(=O)c1cc(-c2ccc(C(F)(F)F)cc2)ccc1OC. The van der Waals surface area contributed by atoms with E-state index in [0.717, 1.165) is 52.1 Å². The summed E-state index contributed by atoms with van der Waals surface area (Å²) in [5, 5.41) is 6.05. The lowest BCUT2D eigenvalue weighted by molar-refractivity contribution is -0.143. The van der Waals surface area contributed by atoms with E-state index in [1.54, 1.807) is 30.3 Å². The van der Waals surface area contributed by atoms with Crippen molar-refractivity contribution in [1.29, 1.82) is 0 Å². The van der Waals surface area contributed by atoms with Crippen LogP contribution < -0.4 is 20.1 Å². The number of rotatable bonds is 16. The summed E-state index contributed by atoms with van der Waals surface area (Å²) in [6, 6.07) is 41.2. The van der Waals surface area contributed by atoms with Crippen molar-refractivity contribution >= 4 is 52.5 Å². The van der Waals surface area contributed by atoms with Crippen LogP contribution in [0.4, 0.5) is 26.3 Å². The van der Waals surface area contributed by atoms with Gasteiger partial charge in [-0.15, -0.1) is 11.6 Å². The molecule has 0 saturated heterocycles. The maximum atomic E-state index is 13.4. The third kappa shape index (κ3) is 15.3. The number of alkyl halides is 7. The van der Waals surface area contributed by atoms with E-state index in [1.165, 1.54) is 70.9 Å². The van der Waals surface area contributed by atoms with E-state index in [2.05, 4.69) is 10.6 Å². The van der Waals surface area contributed by atoms with Crippen molar-refractivity contribution in [3.63, 3.8) is 0 Å². The summed E-state index contributed by atoms with van der Waals surface area (Å²) in [7, 11) is 5.23. The van der Waals surface area contributed by atoms with Crippen LogP contribution >= 0.6 is 23.2 Å². The summed E-state index contributed by atoms with van der Waals surface area (Å²) in [6.07, 6.45) is -2.59. The van der Waals surface area contributed by atoms with Gasteiger partial charge in [-0.1, -0.05) is 133 Å². The molecule has 0 aliphatic heterocycles. The van der Waals surface area contributed by atoms with Gasteiger partial charge in [0.05, 0.1) is 55.6 Å². The van der Waals surface area contributed by atoms with Gasteiger partial charge in [0.15, 0.2) is 0 Å². The first-order valence-electron chi connectivity index (χ1n) is 24.6. The van der Waals surface area contributed by atoms with Gasteiger partial charge in [0, 0.05) is 17.9 Å². The molecule has 1 aliphatic rings. The van der Waals surface area contributed by atoms with E-state index in [-0.39, 0.29) is 35.5 Å². The summed E-state index contributed by atoms with van der Waals surface area (Å²) in [4.78, 5) is 51.0. The Morgan fingerprint density at radius 2 is 0.950 bits per heavy atom. The second-order valence-electron chi connectivity index (χ2n) is 18.3. The minimum absolute atomic E-state index is 0.0585. The molecule has 0 spiro atoms. The second-order valence-corrected chi connectivity index (χ2v) is 19.5. The first-order chi connectivity index (χ1) is 38.1. The van der Waals surface area contributed by atoms with Crippen LogP contribution in [0, 0.1) is 0 Å². The molecule has 80 heavy (non-hydrogen) atoms. The minimum Gasteiger partial charge on any atom is -0.496 e. The van der Waals surface area contributed by atoms with E-state index < -0.39 is 64.2 Å². The van der Waals surface area contributed by atoms with Gasteiger partial charge in [-0.2, -0.15) is 26.3 Å². The third-order valence-electron chi connectivity index (χ3n) is 13.0. The fourth-order valence-corrected chi connectivity index (χ4v) is 9.10. The van der Waals surface area contributed by atoms with Gasteiger partial charge in [-0.25, -0.2) is 9.59 Å². The fourth-order valence-electron chi connectivity index (χ4n) is 8.68. The van der Waals surface area contributed by atoms with Gasteiger partial charge < -0.3 is 29.6 Å². The Bertz CT molecular complexity index is 3370. The Morgan fingerprint density at radius 1 is 0.537 bits per heavy atom. The normalized spacial score (nSPS) is 14.7. The Hall–Kier alpha value is -8.34. The van der Waals surface area contributed by atoms with Crippen LogP contribution in [0.2, 0.25) is 5.02 Å². The number of hydrogen-bond acceptors (Lipinski definition) is 8. The Kier molecular flexibility index (Phi) is 19.3. The monoisotopic (exact) mass is 1140 g/mol. The van der Waals surface area contributed by atoms with Crippen molar-refractivity contribution in [2.24, 2.45) is 0 Å². The van der Waals surface area contributed by atoms with Crippen LogP contribution in [0.1, 0.15) is 55.8 Å². The number of esters is 2. The number of amides is 2. The molecule has 18 heteroatoms. The highest BCUT2D eigenvalue weighted by atomic mass is 35.5. The molecule has 0 bridgehead atoms. The molecule has 414 valence electrons. The van der Waals surface area contributed by atoms with Gasteiger partial charge in [0.1, 0.15) is 23.6 Å². The standard InChI is InChI=1S/C31H25ClF3NO4.C31H27ClF3NO4/c1-39-28-16-11-23(22-7-12-24(13-8-22)31(33,34)35)18-26(28)29(37)36-27(30(38)40-2)17-19-3-5-20(6-4-19)21-9-14-25(32)15-10-21;1-39-27-13-10-23(21-8-11-24(12-9-21)31(33,34)35)18-25(27)28(37)36-26(29(38)40-2)19-30(32)16-14-22(15-17-30)20-6-4-3-5-7-20/h3-16,18,27H,17H2,1-2H3,(H,36,37);3-16,18,26H,17,19H2,1-2H3,(H,36,37)/t27-;26-,30?/m11/s1. The molecule has 3 atom stereocenters. The average Bonchev–Trinajstić information content (AvgIpc) is 3.51. The van der Waals surface area contributed by atoms with Gasteiger partial charge >= 0.3 is 24.3 Å². The molecule has 2 amide bonds.